The Morgan fingerprint density at radius 1 is 1.21 bits per heavy atom. The van der Waals surface area contributed by atoms with E-state index in [0.717, 1.165) is 16.5 Å². The fourth-order valence-electron chi connectivity index (χ4n) is 4.41. The van der Waals surface area contributed by atoms with Gasteiger partial charge >= 0.3 is 0 Å². The summed E-state index contributed by atoms with van der Waals surface area (Å²) in [6, 6.07) is 13.6. The molecular formula is C19H14NO4-. The summed E-state index contributed by atoms with van der Waals surface area (Å²) in [5.74, 6) is -3.05. The van der Waals surface area contributed by atoms with Gasteiger partial charge in [0.25, 0.3) is 0 Å². The Labute approximate surface area is 138 Å². The molecule has 0 N–H and O–H groups in total. The molecule has 3 aliphatic heterocycles. The largest absolute Gasteiger partial charge is 0.550 e. The van der Waals surface area contributed by atoms with Gasteiger partial charge in [0.15, 0.2) is 0 Å². The minimum absolute atomic E-state index is 0.201. The SMILES string of the molecule is O=C([O-])[C@H]1[C@H]2C=C[C@@]3(CN(c4cccc5ccccc45)C(=O)[C@@H]13)O2. The quantitative estimate of drug-likeness (QED) is 0.770. The molecule has 120 valence electrons. The molecule has 3 aliphatic rings. The number of carboxylic acid groups (broad SMARTS) is 1. The second-order valence-corrected chi connectivity index (χ2v) is 6.64. The Balaban J connectivity index is 1.64. The molecule has 0 aromatic heterocycles. The number of rotatable bonds is 2. The number of benzene rings is 2. The van der Waals surface area contributed by atoms with Gasteiger partial charge in [-0.15, -0.1) is 0 Å². The molecule has 2 fully saturated rings. The molecule has 3 heterocycles. The van der Waals surface area contributed by atoms with Crippen LogP contribution in [0.2, 0.25) is 0 Å². The van der Waals surface area contributed by atoms with E-state index in [4.69, 9.17) is 4.74 Å². The van der Waals surface area contributed by atoms with Crippen molar-refractivity contribution in [2.45, 2.75) is 11.7 Å². The first kappa shape index (κ1) is 13.7. The lowest BCUT2D eigenvalue weighted by Gasteiger charge is -2.24. The molecule has 5 heteroatoms. The first-order valence-electron chi connectivity index (χ1n) is 7.98. The van der Waals surface area contributed by atoms with Gasteiger partial charge in [0.05, 0.1) is 24.3 Å². The van der Waals surface area contributed by atoms with E-state index in [1.54, 1.807) is 11.0 Å². The standard InChI is InChI=1S/C19H15NO4/c21-17-16-15(18(22)23)14-8-9-19(16,24-14)10-20(17)13-7-3-5-11-4-1-2-6-12(11)13/h1-9,14-16H,10H2,(H,22,23)/p-1/t14-,15+,16-,19+/m1/s1. The topological polar surface area (TPSA) is 69.7 Å². The van der Waals surface area contributed by atoms with Crippen molar-refractivity contribution in [2.24, 2.45) is 11.8 Å². The van der Waals surface area contributed by atoms with E-state index in [-0.39, 0.29) is 5.91 Å². The van der Waals surface area contributed by atoms with Crippen molar-refractivity contribution in [3.05, 3.63) is 54.6 Å². The molecule has 0 unspecified atom stereocenters. The number of ether oxygens (including phenoxy) is 1. The Morgan fingerprint density at radius 3 is 2.83 bits per heavy atom. The van der Waals surface area contributed by atoms with E-state index in [0.29, 0.717) is 6.54 Å². The lowest BCUT2D eigenvalue weighted by Crippen LogP contribution is -2.45. The highest BCUT2D eigenvalue weighted by atomic mass is 16.5. The second kappa shape index (κ2) is 4.45. The van der Waals surface area contributed by atoms with Crippen molar-refractivity contribution in [3.63, 3.8) is 0 Å². The van der Waals surface area contributed by atoms with E-state index < -0.39 is 29.5 Å². The Morgan fingerprint density at radius 2 is 2.00 bits per heavy atom. The number of fused-ring (bicyclic) bond motifs is 2. The fraction of sp³-hybridized carbons (Fsp3) is 0.263. The van der Waals surface area contributed by atoms with Gasteiger partial charge in [0.1, 0.15) is 5.60 Å². The number of carboxylic acids is 1. The van der Waals surface area contributed by atoms with E-state index in [9.17, 15) is 14.7 Å². The molecule has 2 aromatic rings. The van der Waals surface area contributed by atoms with Gasteiger partial charge in [-0.05, 0) is 11.5 Å². The first-order valence-corrected chi connectivity index (χ1v) is 7.98. The van der Waals surface area contributed by atoms with Crippen molar-refractivity contribution >= 4 is 28.3 Å². The molecule has 5 rings (SSSR count). The van der Waals surface area contributed by atoms with Crippen LogP contribution in [0.1, 0.15) is 0 Å². The molecule has 24 heavy (non-hydrogen) atoms. The second-order valence-electron chi connectivity index (χ2n) is 6.64. The number of amides is 1. The highest BCUT2D eigenvalue weighted by molar-refractivity contribution is 6.08. The smallest absolute Gasteiger partial charge is 0.234 e. The average Bonchev–Trinajstić information content (AvgIpc) is 3.22. The van der Waals surface area contributed by atoms with E-state index >= 15 is 0 Å². The van der Waals surface area contributed by atoms with E-state index in [1.807, 2.05) is 48.5 Å². The van der Waals surface area contributed by atoms with Gasteiger partial charge in [-0.3, -0.25) is 4.79 Å². The predicted octanol–water partition coefficient (Wildman–Crippen LogP) is 0.876. The fourth-order valence-corrected chi connectivity index (χ4v) is 4.41. The summed E-state index contributed by atoms with van der Waals surface area (Å²) >= 11 is 0. The van der Waals surface area contributed by atoms with Crippen molar-refractivity contribution in [3.8, 4) is 0 Å². The number of anilines is 1. The summed E-state index contributed by atoms with van der Waals surface area (Å²) < 4.78 is 5.90. The first-order chi connectivity index (χ1) is 11.6. The Hall–Kier alpha value is -2.66. The van der Waals surface area contributed by atoms with Crippen LogP contribution in [0.25, 0.3) is 10.8 Å². The average molecular weight is 320 g/mol. The molecule has 1 spiro atoms. The van der Waals surface area contributed by atoms with E-state index in [1.165, 1.54) is 0 Å². The molecule has 4 atom stereocenters. The molecule has 2 saturated heterocycles. The number of nitrogens with zero attached hydrogens (tertiary/aromatic N) is 1. The number of aliphatic carboxylic acids is 1. The normalized spacial score (nSPS) is 33.4. The van der Waals surface area contributed by atoms with Gasteiger partial charge in [-0.1, -0.05) is 48.6 Å². The molecule has 0 aliphatic carbocycles. The van der Waals surface area contributed by atoms with E-state index in [2.05, 4.69) is 0 Å². The number of carbonyl (C=O) groups is 2. The van der Waals surface area contributed by atoms with Crippen LogP contribution in [-0.4, -0.2) is 30.1 Å². The molecular weight excluding hydrogens is 306 g/mol. The van der Waals surface area contributed by atoms with Crippen LogP contribution in [0.15, 0.2) is 54.6 Å². The third-order valence-electron chi connectivity index (χ3n) is 5.43. The zero-order chi connectivity index (χ0) is 16.5. The van der Waals surface area contributed by atoms with Gasteiger partial charge in [-0.25, -0.2) is 0 Å². The van der Waals surface area contributed by atoms with Crippen LogP contribution < -0.4 is 10.0 Å². The van der Waals surface area contributed by atoms with Crippen LogP contribution >= 0.6 is 0 Å². The van der Waals surface area contributed by atoms with Crippen LogP contribution in [0.5, 0.6) is 0 Å². The zero-order valence-electron chi connectivity index (χ0n) is 12.7. The number of hydrogen-bond donors (Lipinski definition) is 0. The van der Waals surface area contributed by atoms with Gasteiger partial charge in [0, 0.05) is 17.3 Å². The van der Waals surface area contributed by atoms with Crippen LogP contribution in [-0.2, 0) is 14.3 Å². The number of carbonyl (C=O) groups excluding carboxylic acids is 2. The summed E-state index contributed by atoms with van der Waals surface area (Å²) in [7, 11) is 0. The molecule has 2 bridgehead atoms. The summed E-state index contributed by atoms with van der Waals surface area (Å²) in [4.78, 5) is 26.2. The molecule has 0 saturated carbocycles. The van der Waals surface area contributed by atoms with Crippen molar-refractivity contribution < 1.29 is 19.4 Å². The highest BCUT2D eigenvalue weighted by Gasteiger charge is 2.65. The van der Waals surface area contributed by atoms with Gasteiger partial charge in [-0.2, -0.15) is 0 Å². The summed E-state index contributed by atoms with van der Waals surface area (Å²) in [5.41, 5.74) is -0.0527. The Kier molecular flexibility index (Phi) is 2.55. The van der Waals surface area contributed by atoms with Gasteiger partial charge in [0.2, 0.25) is 5.91 Å². The highest BCUT2D eigenvalue weighted by Crippen LogP contribution is 2.52. The lowest BCUT2D eigenvalue weighted by atomic mass is 9.77. The summed E-state index contributed by atoms with van der Waals surface area (Å²) in [6.07, 6.45) is 3.04. The third-order valence-corrected chi connectivity index (χ3v) is 5.43. The zero-order valence-corrected chi connectivity index (χ0v) is 12.7. The predicted molar refractivity (Wildman–Crippen MR) is 85.0 cm³/mol. The molecule has 0 radical (unpaired) electrons. The van der Waals surface area contributed by atoms with Crippen molar-refractivity contribution in [2.75, 3.05) is 11.4 Å². The van der Waals surface area contributed by atoms with Crippen molar-refractivity contribution in [1.82, 2.24) is 0 Å². The Bertz CT molecular complexity index is 915. The van der Waals surface area contributed by atoms with Crippen LogP contribution in [0, 0.1) is 11.8 Å². The molecule has 2 aromatic carbocycles. The van der Waals surface area contributed by atoms with Gasteiger partial charge < -0.3 is 19.5 Å². The molecule has 1 amide bonds. The number of hydrogen-bond acceptors (Lipinski definition) is 4. The van der Waals surface area contributed by atoms with Crippen molar-refractivity contribution in [1.29, 1.82) is 0 Å². The third kappa shape index (κ3) is 1.57. The summed E-state index contributed by atoms with van der Waals surface area (Å²) in [5, 5.41) is 13.5. The monoisotopic (exact) mass is 320 g/mol. The minimum Gasteiger partial charge on any atom is -0.550 e. The van der Waals surface area contributed by atoms with Crippen LogP contribution in [0.3, 0.4) is 0 Å². The maximum atomic E-state index is 13.1. The maximum absolute atomic E-state index is 13.1. The lowest BCUT2D eigenvalue weighted by molar-refractivity contribution is -0.313. The van der Waals surface area contributed by atoms with Crippen LogP contribution in [0.4, 0.5) is 5.69 Å². The minimum atomic E-state index is -1.22. The molecule has 5 nitrogen and oxygen atoms in total. The summed E-state index contributed by atoms with van der Waals surface area (Å²) in [6.45, 7) is 0.335. The maximum Gasteiger partial charge on any atom is 0.234 e.